The summed E-state index contributed by atoms with van der Waals surface area (Å²) in [6.45, 7) is 4.66. The summed E-state index contributed by atoms with van der Waals surface area (Å²) in [7, 11) is 0. The van der Waals surface area contributed by atoms with Crippen LogP contribution in [-0.4, -0.2) is 4.98 Å². The summed E-state index contributed by atoms with van der Waals surface area (Å²) < 4.78 is 6.53. The van der Waals surface area contributed by atoms with Crippen molar-refractivity contribution in [1.29, 1.82) is 0 Å². The fourth-order valence-corrected chi connectivity index (χ4v) is 8.08. The Morgan fingerprint density at radius 2 is 1.14 bits per heavy atom. The molecular weight excluding hydrogens is 597 g/mol. The molecule has 3 nitrogen and oxygen atoms in total. The van der Waals surface area contributed by atoms with Crippen molar-refractivity contribution in [1.82, 2.24) is 4.98 Å². The second-order valence-electron chi connectivity index (χ2n) is 13.6. The molecule has 0 amide bonds. The van der Waals surface area contributed by atoms with Gasteiger partial charge in [-0.3, -0.25) is 0 Å². The lowest BCUT2D eigenvalue weighted by Crippen LogP contribution is -2.30. The van der Waals surface area contributed by atoms with Gasteiger partial charge in [-0.15, -0.1) is 0 Å². The van der Waals surface area contributed by atoms with Crippen LogP contribution in [0.25, 0.3) is 66.0 Å². The van der Waals surface area contributed by atoms with E-state index in [1.165, 1.54) is 27.9 Å². The van der Waals surface area contributed by atoms with Gasteiger partial charge in [0.15, 0.2) is 0 Å². The zero-order valence-corrected chi connectivity index (χ0v) is 27.3. The molecule has 232 valence electrons. The van der Waals surface area contributed by atoms with Crippen molar-refractivity contribution in [2.75, 3.05) is 4.90 Å². The molecule has 49 heavy (non-hydrogen) atoms. The molecule has 0 unspecified atom stereocenters. The van der Waals surface area contributed by atoms with Gasteiger partial charge in [0.1, 0.15) is 11.2 Å². The SMILES string of the molecule is CC1(C)c2ccccc2N(c2cccc(-c3ccc4oc5ccc6c(-c7ccccc7)nc7ccccc7c6c5c4c3)c2)c2ccccc21. The van der Waals surface area contributed by atoms with Crippen molar-refractivity contribution in [3.05, 3.63) is 169 Å². The molecule has 1 aliphatic heterocycles. The van der Waals surface area contributed by atoms with Gasteiger partial charge in [0.2, 0.25) is 0 Å². The number of fused-ring (bicyclic) bond motifs is 9. The number of rotatable bonds is 3. The van der Waals surface area contributed by atoms with Gasteiger partial charge in [-0.2, -0.15) is 0 Å². The van der Waals surface area contributed by atoms with E-state index in [-0.39, 0.29) is 5.41 Å². The normalized spacial score (nSPS) is 13.6. The van der Waals surface area contributed by atoms with Crippen molar-refractivity contribution < 1.29 is 4.42 Å². The van der Waals surface area contributed by atoms with Crippen LogP contribution in [0.2, 0.25) is 0 Å². The summed E-state index contributed by atoms with van der Waals surface area (Å²) in [5.41, 5.74) is 13.3. The van der Waals surface area contributed by atoms with Crippen LogP contribution in [-0.2, 0) is 5.41 Å². The topological polar surface area (TPSA) is 29.3 Å². The molecule has 1 aliphatic rings. The number of furan rings is 1. The molecule has 0 atom stereocenters. The van der Waals surface area contributed by atoms with Crippen molar-refractivity contribution in [2.45, 2.75) is 19.3 Å². The Hall–Kier alpha value is -6.19. The second kappa shape index (κ2) is 10.4. The number of pyridine rings is 1. The highest BCUT2D eigenvalue weighted by Crippen LogP contribution is 2.52. The average Bonchev–Trinajstić information content (AvgIpc) is 3.53. The molecule has 0 saturated heterocycles. The first-order chi connectivity index (χ1) is 24.1. The highest BCUT2D eigenvalue weighted by molar-refractivity contribution is 6.28. The maximum atomic E-state index is 6.53. The fourth-order valence-electron chi connectivity index (χ4n) is 8.08. The third-order valence-electron chi connectivity index (χ3n) is 10.4. The van der Waals surface area contributed by atoms with Crippen LogP contribution in [0, 0.1) is 0 Å². The number of benzene rings is 7. The molecule has 0 saturated carbocycles. The van der Waals surface area contributed by atoms with E-state index >= 15 is 0 Å². The van der Waals surface area contributed by atoms with Crippen LogP contribution in [0.1, 0.15) is 25.0 Å². The van der Waals surface area contributed by atoms with Crippen LogP contribution in [0.15, 0.2) is 162 Å². The van der Waals surface area contributed by atoms with Crippen LogP contribution in [0.5, 0.6) is 0 Å². The summed E-state index contributed by atoms with van der Waals surface area (Å²) >= 11 is 0. The summed E-state index contributed by atoms with van der Waals surface area (Å²) in [6.07, 6.45) is 0. The number of nitrogens with zero attached hydrogens (tertiary/aromatic N) is 2. The van der Waals surface area contributed by atoms with Crippen molar-refractivity contribution >= 4 is 60.7 Å². The largest absolute Gasteiger partial charge is 0.456 e. The Bertz CT molecular complexity index is 2710. The smallest absolute Gasteiger partial charge is 0.136 e. The number of anilines is 3. The maximum Gasteiger partial charge on any atom is 0.136 e. The molecule has 3 heteroatoms. The van der Waals surface area contributed by atoms with Gasteiger partial charge in [-0.1, -0.05) is 117 Å². The third kappa shape index (κ3) is 4.12. The molecule has 0 aliphatic carbocycles. The lowest BCUT2D eigenvalue weighted by atomic mass is 9.73. The standard InChI is InChI=1S/C46H32N2O/c1-46(2)36-18-7-10-21-39(36)48(40-22-11-8-19-37(40)46)32-16-12-15-30(27-32)31-23-25-41-35(28-31)44-42(49-41)26-24-34-43(44)33-17-6-9-20-38(33)47-45(34)29-13-4-3-5-14-29/h3-28H,1-2H3. The molecule has 0 fully saturated rings. The van der Waals surface area contributed by atoms with Gasteiger partial charge in [-0.25, -0.2) is 4.98 Å². The molecule has 0 spiro atoms. The molecule has 2 aromatic heterocycles. The summed E-state index contributed by atoms with van der Waals surface area (Å²) in [6, 6.07) is 56.4. The molecule has 0 radical (unpaired) electrons. The van der Waals surface area contributed by atoms with Gasteiger partial charge in [0.05, 0.1) is 22.6 Å². The number of para-hydroxylation sites is 3. The van der Waals surface area contributed by atoms with Crippen molar-refractivity contribution in [3.8, 4) is 22.4 Å². The molecule has 0 N–H and O–H groups in total. The van der Waals surface area contributed by atoms with Crippen molar-refractivity contribution in [3.63, 3.8) is 0 Å². The first kappa shape index (κ1) is 27.9. The molecule has 10 rings (SSSR count). The minimum atomic E-state index is -0.0997. The van der Waals surface area contributed by atoms with Gasteiger partial charge in [0.25, 0.3) is 0 Å². The van der Waals surface area contributed by atoms with Crippen LogP contribution in [0.4, 0.5) is 17.1 Å². The van der Waals surface area contributed by atoms with E-state index in [0.29, 0.717) is 0 Å². The van der Waals surface area contributed by atoms with Gasteiger partial charge >= 0.3 is 0 Å². The van der Waals surface area contributed by atoms with Crippen LogP contribution < -0.4 is 4.90 Å². The Morgan fingerprint density at radius 1 is 0.490 bits per heavy atom. The van der Waals surface area contributed by atoms with E-state index in [1.807, 2.05) is 0 Å². The van der Waals surface area contributed by atoms with E-state index in [2.05, 4.69) is 176 Å². The van der Waals surface area contributed by atoms with Gasteiger partial charge in [0, 0.05) is 43.6 Å². The Labute approximate surface area is 284 Å². The van der Waals surface area contributed by atoms with Crippen LogP contribution >= 0.6 is 0 Å². The predicted octanol–water partition coefficient (Wildman–Crippen LogP) is 12.7. The number of hydrogen-bond acceptors (Lipinski definition) is 3. The monoisotopic (exact) mass is 628 g/mol. The van der Waals surface area contributed by atoms with E-state index in [9.17, 15) is 0 Å². The zero-order chi connectivity index (χ0) is 32.7. The highest BCUT2D eigenvalue weighted by Gasteiger charge is 2.36. The minimum Gasteiger partial charge on any atom is -0.456 e. The Morgan fingerprint density at radius 3 is 1.94 bits per heavy atom. The number of aromatic nitrogens is 1. The summed E-state index contributed by atoms with van der Waals surface area (Å²) in [4.78, 5) is 7.59. The fraction of sp³-hybridized carbons (Fsp3) is 0.0652. The highest BCUT2D eigenvalue weighted by atomic mass is 16.3. The van der Waals surface area contributed by atoms with E-state index in [0.717, 1.165) is 66.3 Å². The number of hydrogen-bond donors (Lipinski definition) is 0. The van der Waals surface area contributed by atoms with E-state index in [4.69, 9.17) is 9.40 Å². The third-order valence-corrected chi connectivity index (χ3v) is 10.4. The first-order valence-electron chi connectivity index (χ1n) is 16.9. The molecule has 0 bridgehead atoms. The predicted molar refractivity (Wildman–Crippen MR) is 204 cm³/mol. The van der Waals surface area contributed by atoms with Crippen LogP contribution in [0.3, 0.4) is 0 Å². The lowest BCUT2D eigenvalue weighted by molar-refractivity contribution is 0.632. The van der Waals surface area contributed by atoms with E-state index in [1.54, 1.807) is 0 Å². The summed E-state index contributed by atoms with van der Waals surface area (Å²) in [5.74, 6) is 0. The van der Waals surface area contributed by atoms with Gasteiger partial charge < -0.3 is 9.32 Å². The van der Waals surface area contributed by atoms with Crippen molar-refractivity contribution in [2.24, 2.45) is 0 Å². The molecular formula is C46H32N2O. The molecule has 7 aromatic carbocycles. The molecule has 3 heterocycles. The lowest BCUT2D eigenvalue weighted by Gasteiger charge is -2.42. The van der Waals surface area contributed by atoms with E-state index < -0.39 is 0 Å². The minimum absolute atomic E-state index is 0.0997. The Kier molecular flexibility index (Phi) is 5.92. The Balaban J connectivity index is 1.19. The maximum absolute atomic E-state index is 6.53. The average molecular weight is 629 g/mol. The second-order valence-corrected chi connectivity index (χ2v) is 13.6. The quantitative estimate of drug-likeness (QED) is 0.182. The zero-order valence-electron chi connectivity index (χ0n) is 27.3. The molecule has 9 aromatic rings. The van der Waals surface area contributed by atoms with Gasteiger partial charge in [-0.05, 0) is 76.9 Å². The summed E-state index contributed by atoms with van der Waals surface area (Å²) in [5, 5.41) is 5.66. The first-order valence-corrected chi connectivity index (χ1v) is 16.9.